The summed E-state index contributed by atoms with van der Waals surface area (Å²) in [5, 5.41) is 11.2. The first-order valence-electron chi connectivity index (χ1n) is 10.3. The number of thioether (sulfide) groups is 1. The summed E-state index contributed by atoms with van der Waals surface area (Å²) in [5.74, 6) is 1.25. The van der Waals surface area contributed by atoms with Crippen molar-refractivity contribution in [1.82, 2.24) is 14.8 Å². The number of anilines is 1. The number of rotatable bonds is 8. The second kappa shape index (κ2) is 10.3. The fourth-order valence-corrected chi connectivity index (χ4v) is 3.81. The van der Waals surface area contributed by atoms with Gasteiger partial charge in [0.2, 0.25) is 5.91 Å². The Morgan fingerprint density at radius 2 is 1.82 bits per heavy atom. The monoisotopic (exact) mass is 478 g/mol. The zero-order chi connectivity index (χ0) is 24.2. The summed E-state index contributed by atoms with van der Waals surface area (Å²) in [5.41, 5.74) is 0.481. The van der Waals surface area contributed by atoms with Gasteiger partial charge < -0.3 is 14.6 Å². The van der Waals surface area contributed by atoms with Crippen LogP contribution in [-0.4, -0.2) is 26.4 Å². The molecule has 1 N–H and O–H groups in total. The van der Waals surface area contributed by atoms with Crippen LogP contribution in [0.1, 0.15) is 49.7 Å². The van der Waals surface area contributed by atoms with E-state index in [0.717, 1.165) is 23.9 Å². The van der Waals surface area contributed by atoms with Gasteiger partial charge in [-0.3, -0.25) is 4.79 Å². The molecule has 2 aromatic carbocycles. The van der Waals surface area contributed by atoms with E-state index in [4.69, 9.17) is 4.74 Å². The van der Waals surface area contributed by atoms with Crippen molar-refractivity contribution in [2.75, 3.05) is 11.1 Å². The molecule has 0 bridgehead atoms. The van der Waals surface area contributed by atoms with E-state index in [1.807, 2.05) is 31.2 Å². The number of hydrogen-bond donors (Lipinski definition) is 1. The van der Waals surface area contributed by atoms with E-state index in [-0.39, 0.29) is 17.5 Å². The zero-order valence-electron chi connectivity index (χ0n) is 18.7. The lowest BCUT2D eigenvalue weighted by Gasteiger charge is -2.15. The Hall–Kier alpha value is -3.01. The first-order chi connectivity index (χ1) is 15.5. The van der Waals surface area contributed by atoms with Crippen LogP contribution in [0.25, 0.3) is 0 Å². The Morgan fingerprint density at radius 3 is 2.45 bits per heavy atom. The van der Waals surface area contributed by atoms with Crippen molar-refractivity contribution in [2.45, 2.75) is 44.1 Å². The van der Waals surface area contributed by atoms with Crippen molar-refractivity contribution < 1.29 is 22.7 Å². The normalized spacial score (nSPS) is 12.6. The summed E-state index contributed by atoms with van der Waals surface area (Å²) >= 11 is 1.13. The highest BCUT2D eigenvalue weighted by molar-refractivity contribution is 7.99. The molecule has 0 saturated carbocycles. The minimum Gasteiger partial charge on any atom is -0.483 e. The summed E-state index contributed by atoms with van der Waals surface area (Å²) < 4.78 is 46.2. The maximum absolute atomic E-state index is 12.8. The van der Waals surface area contributed by atoms with E-state index >= 15 is 0 Å². The van der Waals surface area contributed by atoms with Crippen LogP contribution in [0.2, 0.25) is 0 Å². The Labute approximate surface area is 194 Å². The molecule has 0 spiro atoms. The van der Waals surface area contributed by atoms with Crippen LogP contribution in [-0.2, 0) is 18.0 Å². The number of amides is 1. The van der Waals surface area contributed by atoms with Gasteiger partial charge in [-0.1, -0.05) is 43.8 Å². The summed E-state index contributed by atoms with van der Waals surface area (Å²) in [7, 11) is 1.77. The molecule has 0 saturated heterocycles. The van der Waals surface area contributed by atoms with Gasteiger partial charge in [0.05, 0.1) is 11.3 Å². The molecule has 0 aliphatic heterocycles. The first-order valence-corrected chi connectivity index (χ1v) is 11.3. The van der Waals surface area contributed by atoms with E-state index in [1.54, 1.807) is 11.6 Å². The Balaban J connectivity index is 1.57. The largest absolute Gasteiger partial charge is 0.483 e. The molecule has 1 heterocycles. The highest BCUT2D eigenvalue weighted by Crippen LogP contribution is 2.31. The van der Waals surface area contributed by atoms with Crippen molar-refractivity contribution in [3.63, 3.8) is 0 Å². The number of alkyl halides is 3. The first kappa shape index (κ1) is 24.6. The van der Waals surface area contributed by atoms with Crippen LogP contribution in [0, 0.1) is 0 Å². The molecule has 3 rings (SSSR count). The third-order valence-corrected chi connectivity index (χ3v) is 5.92. The zero-order valence-corrected chi connectivity index (χ0v) is 19.5. The molecule has 1 aromatic heterocycles. The van der Waals surface area contributed by atoms with Crippen molar-refractivity contribution in [2.24, 2.45) is 7.05 Å². The molecule has 6 nitrogen and oxygen atoms in total. The predicted octanol–water partition coefficient (Wildman–Crippen LogP) is 5.83. The van der Waals surface area contributed by atoms with Crippen molar-refractivity contribution in [1.29, 1.82) is 0 Å². The second-order valence-electron chi connectivity index (χ2n) is 7.80. The van der Waals surface area contributed by atoms with Gasteiger partial charge in [-0.2, -0.15) is 13.2 Å². The number of hydrogen-bond acceptors (Lipinski definition) is 5. The Kier molecular flexibility index (Phi) is 7.68. The number of carbonyl (C=O) groups excluding carboxylic acids is 1. The maximum atomic E-state index is 12.8. The molecular weight excluding hydrogens is 453 g/mol. The van der Waals surface area contributed by atoms with Crippen LogP contribution in [0.15, 0.2) is 53.7 Å². The van der Waals surface area contributed by atoms with Crippen molar-refractivity contribution in [3.8, 4) is 5.75 Å². The lowest BCUT2D eigenvalue weighted by Crippen LogP contribution is -2.15. The van der Waals surface area contributed by atoms with E-state index in [2.05, 4.69) is 29.4 Å². The lowest BCUT2D eigenvalue weighted by atomic mass is 10.0. The third kappa shape index (κ3) is 6.50. The standard InChI is InChI=1S/C23H25F3N4O2S/c1-14(2)16-8-10-19(11-9-16)32-15(3)21-28-29-22(30(21)4)33-13-20(31)27-18-7-5-6-17(12-18)23(24,25)26/h5-12,14-15H,13H2,1-4H3,(H,27,31). The van der Waals surface area contributed by atoms with Crippen LogP contribution in [0.4, 0.5) is 18.9 Å². The predicted molar refractivity (Wildman–Crippen MR) is 121 cm³/mol. The van der Waals surface area contributed by atoms with Gasteiger partial charge in [0, 0.05) is 12.7 Å². The molecule has 1 unspecified atom stereocenters. The van der Waals surface area contributed by atoms with E-state index in [0.29, 0.717) is 22.6 Å². The summed E-state index contributed by atoms with van der Waals surface area (Å²) in [6.45, 7) is 6.10. The fraction of sp³-hybridized carbons (Fsp3) is 0.348. The molecule has 176 valence electrons. The number of benzene rings is 2. The van der Waals surface area contributed by atoms with Crippen LogP contribution in [0.3, 0.4) is 0 Å². The SMILES string of the molecule is CC(C)c1ccc(OC(C)c2nnc(SCC(=O)Nc3cccc(C(F)(F)F)c3)n2C)cc1. The van der Waals surface area contributed by atoms with Gasteiger partial charge in [0.1, 0.15) is 5.75 Å². The molecular formula is C23H25F3N4O2S. The topological polar surface area (TPSA) is 69.0 Å². The Bertz CT molecular complexity index is 1100. The maximum Gasteiger partial charge on any atom is 0.416 e. The smallest absolute Gasteiger partial charge is 0.416 e. The number of ether oxygens (including phenoxy) is 1. The van der Waals surface area contributed by atoms with Crippen molar-refractivity contribution in [3.05, 3.63) is 65.5 Å². The number of carbonyl (C=O) groups is 1. The van der Waals surface area contributed by atoms with Gasteiger partial charge in [0.15, 0.2) is 17.1 Å². The second-order valence-corrected chi connectivity index (χ2v) is 8.74. The third-order valence-electron chi connectivity index (χ3n) is 4.90. The van der Waals surface area contributed by atoms with Crippen LogP contribution < -0.4 is 10.1 Å². The van der Waals surface area contributed by atoms with E-state index in [9.17, 15) is 18.0 Å². The van der Waals surface area contributed by atoms with E-state index in [1.165, 1.54) is 17.7 Å². The molecule has 3 aromatic rings. The van der Waals surface area contributed by atoms with Gasteiger partial charge >= 0.3 is 6.18 Å². The molecule has 1 amide bonds. The number of nitrogens with one attached hydrogen (secondary N) is 1. The highest BCUT2D eigenvalue weighted by atomic mass is 32.2. The minimum absolute atomic E-state index is 0.0336. The quantitative estimate of drug-likeness (QED) is 0.413. The average molecular weight is 479 g/mol. The number of aromatic nitrogens is 3. The Morgan fingerprint density at radius 1 is 1.12 bits per heavy atom. The molecule has 10 heteroatoms. The van der Waals surface area contributed by atoms with E-state index < -0.39 is 17.6 Å². The van der Waals surface area contributed by atoms with Gasteiger partial charge in [-0.05, 0) is 48.7 Å². The molecule has 0 radical (unpaired) electrons. The van der Waals surface area contributed by atoms with Crippen LogP contribution >= 0.6 is 11.8 Å². The molecule has 1 atom stereocenters. The minimum atomic E-state index is -4.47. The average Bonchev–Trinajstić information content (AvgIpc) is 3.12. The fourth-order valence-electron chi connectivity index (χ4n) is 3.09. The highest BCUT2D eigenvalue weighted by Gasteiger charge is 2.30. The molecule has 0 fully saturated rings. The molecule has 0 aliphatic rings. The summed E-state index contributed by atoms with van der Waals surface area (Å²) in [6.07, 6.45) is -4.85. The van der Waals surface area contributed by atoms with Crippen molar-refractivity contribution >= 4 is 23.4 Å². The molecule has 33 heavy (non-hydrogen) atoms. The van der Waals surface area contributed by atoms with Gasteiger partial charge in [-0.15, -0.1) is 10.2 Å². The molecule has 0 aliphatic carbocycles. The number of halogens is 3. The summed E-state index contributed by atoms with van der Waals surface area (Å²) in [6, 6.07) is 12.4. The van der Waals surface area contributed by atoms with Crippen LogP contribution in [0.5, 0.6) is 5.75 Å². The number of nitrogens with zero attached hydrogens (tertiary/aromatic N) is 3. The summed E-state index contributed by atoms with van der Waals surface area (Å²) in [4.78, 5) is 12.2. The lowest BCUT2D eigenvalue weighted by molar-refractivity contribution is -0.137. The van der Waals surface area contributed by atoms with Gasteiger partial charge in [-0.25, -0.2) is 0 Å². The van der Waals surface area contributed by atoms with Gasteiger partial charge in [0.25, 0.3) is 0 Å².